The second-order valence-electron chi connectivity index (χ2n) is 6.91. The van der Waals surface area contributed by atoms with Crippen molar-refractivity contribution in [3.05, 3.63) is 59.7 Å². The van der Waals surface area contributed by atoms with Crippen LogP contribution < -0.4 is 4.74 Å². The van der Waals surface area contributed by atoms with Crippen LogP contribution in [-0.2, 0) is 11.2 Å². The van der Waals surface area contributed by atoms with Crippen molar-refractivity contribution in [2.75, 3.05) is 13.7 Å². The molecule has 1 amide bonds. The Bertz CT molecular complexity index is 969. The molecule has 1 N–H and O–H groups in total. The van der Waals surface area contributed by atoms with E-state index in [0.717, 1.165) is 41.9 Å². The normalized spacial score (nSPS) is 17.3. The standard InChI is InChI=1S/C21H22FN3O2/c1-27-16-6-4-5-14(11-16)12-20(26)25-10-3-2-7-19(25)21-23-17-9-8-15(22)13-18(17)24-21/h4-6,8-9,11,13,19H,2-3,7,10,12H2,1H3,(H,23,24). The highest BCUT2D eigenvalue weighted by molar-refractivity contribution is 5.80. The first-order valence-electron chi connectivity index (χ1n) is 9.21. The Balaban J connectivity index is 1.58. The molecule has 140 valence electrons. The first kappa shape index (κ1) is 17.5. The summed E-state index contributed by atoms with van der Waals surface area (Å²) in [5, 5.41) is 0. The SMILES string of the molecule is COc1cccc(CC(=O)N2CCCCC2c2nc3cc(F)ccc3[nH]2)c1. The third-order valence-corrected chi connectivity index (χ3v) is 5.09. The number of ether oxygens (including phenoxy) is 1. The highest BCUT2D eigenvalue weighted by atomic mass is 19.1. The summed E-state index contributed by atoms with van der Waals surface area (Å²) >= 11 is 0. The van der Waals surface area contributed by atoms with Gasteiger partial charge in [0.15, 0.2) is 0 Å². The van der Waals surface area contributed by atoms with Gasteiger partial charge in [0.05, 0.1) is 30.6 Å². The van der Waals surface area contributed by atoms with E-state index in [1.165, 1.54) is 12.1 Å². The highest BCUT2D eigenvalue weighted by Crippen LogP contribution is 2.31. The third-order valence-electron chi connectivity index (χ3n) is 5.09. The molecule has 2 aromatic carbocycles. The van der Waals surface area contributed by atoms with E-state index in [2.05, 4.69) is 9.97 Å². The quantitative estimate of drug-likeness (QED) is 0.758. The van der Waals surface area contributed by atoms with Crippen LogP contribution in [0.25, 0.3) is 11.0 Å². The van der Waals surface area contributed by atoms with Crippen LogP contribution in [0.2, 0.25) is 0 Å². The number of aromatic amines is 1. The zero-order valence-corrected chi connectivity index (χ0v) is 15.2. The van der Waals surface area contributed by atoms with Gasteiger partial charge in [0.1, 0.15) is 17.4 Å². The van der Waals surface area contributed by atoms with Gasteiger partial charge >= 0.3 is 0 Å². The number of halogens is 1. The predicted octanol–water partition coefficient (Wildman–Crippen LogP) is 4.01. The van der Waals surface area contributed by atoms with Crippen LogP contribution in [-0.4, -0.2) is 34.4 Å². The van der Waals surface area contributed by atoms with Gasteiger partial charge in [0, 0.05) is 12.6 Å². The Morgan fingerprint density at radius 2 is 2.19 bits per heavy atom. The fraction of sp³-hybridized carbons (Fsp3) is 0.333. The van der Waals surface area contributed by atoms with Gasteiger partial charge in [-0.3, -0.25) is 4.79 Å². The first-order valence-corrected chi connectivity index (χ1v) is 9.21. The first-order chi connectivity index (χ1) is 13.1. The van der Waals surface area contributed by atoms with Gasteiger partial charge in [-0.2, -0.15) is 0 Å². The number of hydrogen-bond donors (Lipinski definition) is 1. The fourth-order valence-corrected chi connectivity index (χ4v) is 3.73. The molecule has 1 aliphatic heterocycles. The molecule has 0 spiro atoms. The van der Waals surface area contributed by atoms with E-state index in [-0.39, 0.29) is 17.8 Å². The largest absolute Gasteiger partial charge is 0.497 e. The molecule has 0 radical (unpaired) electrons. The molecule has 3 aromatic rings. The molecule has 1 fully saturated rings. The summed E-state index contributed by atoms with van der Waals surface area (Å²) in [5.41, 5.74) is 2.31. The number of rotatable bonds is 4. The molecule has 2 heterocycles. The van der Waals surface area contributed by atoms with E-state index < -0.39 is 0 Å². The van der Waals surface area contributed by atoms with Crippen LogP contribution in [0, 0.1) is 5.82 Å². The minimum atomic E-state index is -0.310. The average Bonchev–Trinajstić information content (AvgIpc) is 3.11. The number of nitrogens with zero attached hydrogens (tertiary/aromatic N) is 2. The van der Waals surface area contributed by atoms with Crippen molar-refractivity contribution in [1.82, 2.24) is 14.9 Å². The lowest BCUT2D eigenvalue weighted by Crippen LogP contribution is -2.39. The van der Waals surface area contributed by atoms with Crippen molar-refractivity contribution < 1.29 is 13.9 Å². The van der Waals surface area contributed by atoms with Gasteiger partial charge in [0.25, 0.3) is 0 Å². The zero-order valence-electron chi connectivity index (χ0n) is 15.2. The topological polar surface area (TPSA) is 58.2 Å². The monoisotopic (exact) mass is 367 g/mol. The molecular formula is C21H22FN3O2. The van der Waals surface area contributed by atoms with Crippen molar-refractivity contribution in [3.8, 4) is 5.75 Å². The number of piperidine rings is 1. The number of methoxy groups -OCH3 is 1. The van der Waals surface area contributed by atoms with Gasteiger partial charge in [-0.05, 0) is 49.1 Å². The summed E-state index contributed by atoms with van der Waals surface area (Å²) in [6.45, 7) is 0.707. The Hall–Kier alpha value is -2.89. The zero-order chi connectivity index (χ0) is 18.8. The highest BCUT2D eigenvalue weighted by Gasteiger charge is 2.30. The van der Waals surface area contributed by atoms with Crippen LogP contribution in [0.15, 0.2) is 42.5 Å². The fourth-order valence-electron chi connectivity index (χ4n) is 3.73. The lowest BCUT2D eigenvalue weighted by atomic mass is 10.00. The lowest BCUT2D eigenvalue weighted by molar-refractivity contribution is -0.134. The van der Waals surface area contributed by atoms with Crippen LogP contribution in [0.5, 0.6) is 5.75 Å². The number of H-pyrrole nitrogens is 1. The van der Waals surface area contributed by atoms with Crippen molar-refractivity contribution >= 4 is 16.9 Å². The third kappa shape index (κ3) is 3.65. The molecule has 0 bridgehead atoms. The number of likely N-dealkylation sites (tertiary alicyclic amines) is 1. The molecule has 1 unspecified atom stereocenters. The molecule has 4 rings (SSSR count). The van der Waals surface area contributed by atoms with E-state index in [9.17, 15) is 9.18 Å². The van der Waals surface area contributed by atoms with Crippen molar-refractivity contribution in [2.24, 2.45) is 0 Å². The second-order valence-corrected chi connectivity index (χ2v) is 6.91. The smallest absolute Gasteiger partial charge is 0.227 e. The minimum absolute atomic E-state index is 0.0691. The number of carbonyl (C=O) groups excluding carboxylic acids is 1. The average molecular weight is 367 g/mol. The van der Waals surface area contributed by atoms with Crippen molar-refractivity contribution in [1.29, 1.82) is 0 Å². The summed E-state index contributed by atoms with van der Waals surface area (Å²) in [5.74, 6) is 1.24. The number of aromatic nitrogens is 2. The Labute approximate surface area is 157 Å². The van der Waals surface area contributed by atoms with Crippen molar-refractivity contribution in [2.45, 2.75) is 31.7 Å². The number of carbonyl (C=O) groups is 1. The summed E-state index contributed by atoms with van der Waals surface area (Å²) in [6, 6.07) is 12.0. The Morgan fingerprint density at radius 3 is 3.04 bits per heavy atom. The molecule has 27 heavy (non-hydrogen) atoms. The van der Waals surface area contributed by atoms with Crippen LogP contribution in [0.4, 0.5) is 4.39 Å². The molecule has 1 atom stereocenters. The van der Waals surface area contributed by atoms with Crippen LogP contribution in [0.1, 0.15) is 36.7 Å². The predicted molar refractivity (Wildman–Crippen MR) is 101 cm³/mol. The number of imidazole rings is 1. The molecule has 1 saturated heterocycles. The molecule has 0 saturated carbocycles. The van der Waals surface area contributed by atoms with E-state index in [1.807, 2.05) is 29.2 Å². The molecule has 6 heteroatoms. The second kappa shape index (κ2) is 7.39. The maximum Gasteiger partial charge on any atom is 0.227 e. The number of benzene rings is 2. The van der Waals surface area contributed by atoms with E-state index in [0.29, 0.717) is 18.5 Å². The molecule has 1 aromatic heterocycles. The van der Waals surface area contributed by atoms with Gasteiger partial charge in [-0.15, -0.1) is 0 Å². The Kier molecular flexibility index (Phi) is 4.79. The minimum Gasteiger partial charge on any atom is -0.497 e. The molecule has 5 nitrogen and oxygen atoms in total. The van der Waals surface area contributed by atoms with Gasteiger partial charge in [0.2, 0.25) is 5.91 Å². The number of amides is 1. The van der Waals surface area contributed by atoms with E-state index in [4.69, 9.17) is 4.74 Å². The van der Waals surface area contributed by atoms with E-state index >= 15 is 0 Å². The maximum absolute atomic E-state index is 13.5. The van der Waals surface area contributed by atoms with Crippen molar-refractivity contribution in [3.63, 3.8) is 0 Å². The Morgan fingerprint density at radius 1 is 1.30 bits per heavy atom. The lowest BCUT2D eigenvalue weighted by Gasteiger charge is -2.34. The summed E-state index contributed by atoms with van der Waals surface area (Å²) in [7, 11) is 1.62. The molecule has 0 aliphatic carbocycles. The van der Waals surface area contributed by atoms with Crippen LogP contribution >= 0.6 is 0 Å². The molecular weight excluding hydrogens is 345 g/mol. The number of fused-ring (bicyclic) bond motifs is 1. The summed E-state index contributed by atoms with van der Waals surface area (Å²) in [6.07, 6.45) is 3.20. The van der Waals surface area contributed by atoms with Gasteiger partial charge in [-0.25, -0.2) is 9.37 Å². The summed E-state index contributed by atoms with van der Waals surface area (Å²) < 4.78 is 18.7. The number of hydrogen-bond acceptors (Lipinski definition) is 3. The molecule has 1 aliphatic rings. The summed E-state index contributed by atoms with van der Waals surface area (Å²) in [4.78, 5) is 22.7. The van der Waals surface area contributed by atoms with Gasteiger partial charge in [-0.1, -0.05) is 12.1 Å². The van der Waals surface area contributed by atoms with Gasteiger partial charge < -0.3 is 14.6 Å². The maximum atomic E-state index is 13.5. The van der Waals surface area contributed by atoms with Crippen LogP contribution in [0.3, 0.4) is 0 Å². The number of nitrogens with one attached hydrogen (secondary N) is 1. The van der Waals surface area contributed by atoms with E-state index in [1.54, 1.807) is 13.2 Å².